The Morgan fingerprint density at radius 3 is 2.76 bits per heavy atom. The smallest absolute Gasteiger partial charge is 0.365 e. The van der Waals surface area contributed by atoms with E-state index in [0.29, 0.717) is 0 Å². The maximum atomic E-state index is 11.8. The number of nitrogens with two attached hydrogens (primary N) is 2. The van der Waals surface area contributed by atoms with Crippen molar-refractivity contribution in [1.29, 1.82) is 0 Å². The molecule has 0 aromatic heterocycles. The minimum absolute atomic E-state index is 0.0702. The zero-order chi connectivity index (χ0) is 18.6. The third-order valence-electron chi connectivity index (χ3n) is 4.32. The molecule has 9 N–H and O–H groups in total. The van der Waals surface area contributed by atoms with Gasteiger partial charge in [0.05, 0.1) is 12.5 Å². The van der Waals surface area contributed by atoms with Crippen LogP contribution in [0.3, 0.4) is 0 Å². The lowest BCUT2D eigenvalue weighted by molar-refractivity contribution is -0.221. The van der Waals surface area contributed by atoms with Gasteiger partial charge in [0.2, 0.25) is 5.79 Å². The van der Waals surface area contributed by atoms with E-state index in [9.17, 15) is 23.4 Å². The fraction of sp³-hybridized carbons (Fsp3) is 0.700. The van der Waals surface area contributed by atoms with Crippen LogP contribution in [-0.4, -0.2) is 76.1 Å². The fourth-order valence-corrected chi connectivity index (χ4v) is 3.60. The molecule has 0 saturated carbocycles. The summed E-state index contributed by atoms with van der Waals surface area (Å²) < 4.78 is 29.6. The van der Waals surface area contributed by atoms with Gasteiger partial charge in [-0.25, -0.2) is 9.98 Å². The highest BCUT2D eigenvalue weighted by atomic mass is 32.2. The van der Waals surface area contributed by atoms with Crippen molar-refractivity contribution in [3.63, 3.8) is 0 Å². The van der Waals surface area contributed by atoms with Crippen LogP contribution in [-0.2, 0) is 19.9 Å². The molecule has 0 aliphatic carbocycles. The summed E-state index contributed by atoms with van der Waals surface area (Å²) in [6.45, 7) is 0.163. The SMILES string of the molecule is NC1=N[C@H]2[C@H](CC(=O)ONS(=O)(=O)O)N=C(N)N3CCC(O)(O)C23N1. The van der Waals surface area contributed by atoms with Gasteiger partial charge >= 0.3 is 16.3 Å². The summed E-state index contributed by atoms with van der Waals surface area (Å²) in [5.74, 6) is -3.52. The lowest BCUT2D eigenvalue weighted by Crippen LogP contribution is -2.76. The minimum atomic E-state index is -4.73. The van der Waals surface area contributed by atoms with Crippen LogP contribution in [0.2, 0.25) is 0 Å². The third-order valence-corrected chi connectivity index (χ3v) is 4.61. The molecule has 3 atom stereocenters. The first kappa shape index (κ1) is 17.6. The molecule has 0 aromatic rings. The highest BCUT2D eigenvalue weighted by molar-refractivity contribution is 7.83. The summed E-state index contributed by atoms with van der Waals surface area (Å²) in [6.07, 6.45) is -0.588. The first-order valence-corrected chi connectivity index (χ1v) is 8.51. The monoisotopic (exact) mass is 379 g/mol. The molecule has 1 saturated heterocycles. The van der Waals surface area contributed by atoms with Gasteiger partial charge < -0.3 is 36.7 Å². The van der Waals surface area contributed by atoms with Gasteiger partial charge in [0.25, 0.3) is 0 Å². The molecule has 3 rings (SSSR count). The second-order valence-electron chi connectivity index (χ2n) is 5.86. The average Bonchev–Trinajstić information content (AvgIpc) is 2.95. The maximum Gasteiger partial charge on any atom is 0.365 e. The predicted molar refractivity (Wildman–Crippen MR) is 80.6 cm³/mol. The lowest BCUT2D eigenvalue weighted by atomic mass is 9.85. The van der Waals surface area contributed by atoms with Crippen LogP contribution in [0.1, 0.15) is 12.8 Å². The molecule has 0 bridgehead atoms. The minimum Gasteiger partial charge on any atom is -0.370 e. The molecule has 0 aromatic carbocycles. The Bertz CT molecular complexity index is 766. The number of rotatable bonds is 4. The first-order chi connectivity index (χ1) is 11.5. The van der Waals surface area contributed by atoms with Crippen LogP contribution in [0, 0.1) is 0 Å². The Hall–Kier alpha value is -2.20. The standard InChI is InChI=1S/C10H17N7O7S/c11-7-14-6-4(3-5(18)24-16-25(21,22)23)13-8(12)17-2-1-9(19,20)10(6,17)15-7/h4,6,16,19-20H,1-3H2,(H2,12,13)(H3,11,14,15)(H,21,22,23)/t4-,6-,10?/m0/s1. The Morgan fingerprint density at radius 1 is 1.44 bits per heavy atom. The molecule has 140 valence electrons. The zero-order valence-corrected chi connectivity index (χ0v) is 13.5. The number of nitrogens with one attached hydrogen (secondary N) is 2. The second-order valence-corrected chi connectivity index (χ2v) is 6.98. The molecular weight excluding hydrogens is 362 g/mol. The van der Waals surface area contributed by atoms with Crippen molar-refractivity contribution in [2.45, 2.75) is 36.4 Å². The van der Waals surface area contributed by atoms with E-state index < -0.39 is 46.2 Å². The topological polar surface area (TPSA) is 225 Å². The Kier molecular flexibility index (Phi) is 3.80. The largest absolute Gasteiger partial charge is 0.370 e. The van der Waals surface area contributed by atoms with Crippen molar-refractivity contribution >= 4 is 28.2 Å². The average molecular weight is 379 g/mol. The van der Waals surface area contributed by atoms with Crippen molar-refractivity contribution in [2.75, 3.05) is 6.54 Å². The number of carbonyl (C=O) groups is 1. The van der Waals surface area contributed by atoms with E-state index in [2.05, 4.69) is 20.1 Å². The van der Waals surface area contributed by atoms with Gasteiger partial charge in [-0.05, 0) is 4.89 Å². The summed E-state index contributed by atoms with van der Waals surface area (Å²) in [7, 11) is -4.73. The number of guanidine groups is 2. The molecule has 1 fully saturated rings. The highest BCUT2D eigenvalue weighted by Gasteiger charge is 2.69. The molecule has 0 radical (unpaired) electrons. The first-order valence-electron chi connectivity index (χ1n) is 7.07. The van der Waals surface area contributed by atoms with Crippen molar-refractivity contribution in [3.8, 4) is 0 Å². The van der Waals surface area contributed by atoms with Crippen LogP contribution in [0.5, 0.6) is 0 Å². The quantitative estimate of drug-likeness (QED) is 0.139. The molecule has 25 heavy (non-hydrogen) atoms. The third kappa shape index (κ3) is 2.74. The van der Waals surface area contributed by atoms with E-state index in [-0.39, 0.29) is 24.9 Å². The van der Waals surface area contributed by atoms with Gasteiger partial charge in [-0.2, -0.15) is 8.42 Å². The number of hydrogen-bond acceptors (Lipinski definition) is 12. The van der Waals surface area contributed by atoms with Crippen molar-refractivity contribution < 1.29 is 32.8 Å². The molecule has 1 spiro atoms. The number of carbonyl (C=O) groups excluding carboxylic acids is 1. The van der Waals surface area contributed by atoms with Crippen LogP contribution in [0.15, 0.2) is 9.98 Å². The van der Waals surface area contributed by atoms with Gasteiger partial charge in [-0.3, -0.25) is 9.35 Å². The number of hydrogen-bond donors (Lipinski definition) is 7. The van der Waals surface area contributed by atoms with E-state index in [1.54, 1.807) is 0 Å². The van der Waals surface area contributed by atoms with Gasteiger partial charge in [-0.15, -0.1) is 0 Å². The Morgan fingerprint density at radius 2 is 2.12 bits per heavy atom. The van der Waals surface area contributed by atoms with Gasteiger partial charge in [0.15, 0.2) is 17.6 Å². The molecule has 3 aliphatic heterocycles. The summed E-state index contributed by atoms with van der Waals surface area (Å²) in [4.78, 5) is 26.7. The lowest BCUT2D eigenvalue weighted by Gasteiger charge is -2.48. The zero-order valence-electron chi connectivity index (χ0n) is 12.7. The normalized spacial score (nSPS) is 33.0. The van der Waals surface area contributed by atoms with E-state index >= 15 is 0 Å². The predicted octanol–water partition coefficient (Wildman–Crippen LogP) is -4.71. The summed E-state index contributed by atoms with van der Waals surface area (Å²) >= 11 is 0. The van der Waals surface area contributed by atoms with E-state index in [1.165, 1.54) is 4.90 Å². The fourth-order valence-electron chi connectivity index (χ4n) is 3.40. The Balaban J connectivity index is 1.87. The van der Waals surface area contributed by atoms with Gasteiger partial charge in [0, 0.05) is 13.0 Å². The number of aliphatic hydroxyl groups is 2. The van der Waals surface area contributed by atoms with Crippen LogP contribution in [0.4, 0.5) is 0 Å². The Labute approximate surface area is 141 Å². The van der Waals surface area contributed by atoms with Crippen molar-refractivity contribution in [1.82, 2.24) is 15.1 Å². The molecular formula is C10H17N7O7S. The van der Waals surface area contributed by atoms with Crippen LogP contribution < -0.4 is 21.7 Å². The van der Waals surface area contributed by atoms with Crippen molar-refractivity contribution in [3.05, 3.63) is 0 Å². The highest BCUT2D eigenvalue weighted by Crippen LogP contribution is 2.44. The molecule has 3 heterocycles. The van der Waals surface area contributed by atoms with Gasteiger partial charge in [0.1, 0.15) is 6.04 Å². The molecule has 14 nitrogen and oxygen atoms in total. The molecule has 15 heteroatoms. The molecule has 3 aliphatic rings. The van der Waals surface area contributed by atoms with E-state index in [0.717, 1.165) is 4.89 Å². The summed E-state index contributed by atoms with van der Waals surface area (Å²) in [6, 6.07) is -2.02. The summed E-state index contributed by atoms with van der Waals surface area (Å²) in [5, 5.41) is 23.5. The summed E-state index contributed by atoms with van der Waals surface area (Å²) in [5.41, 5.74) is 9.94. The maximum absolute atomic E-state index is 11.8. The molecule has 1 unspecified atom stereocenters. The van der Waals surface area contributed by atoms with Crippen LogP contribution in [0.25, 0.3) is 0 Å². The van der Waals surface area contributed by atoms with Gasteiger partial charge in [-0.1, -0.05) is 0 Å². The van der Waals surface area contributed by atoms with E-state index in [4.69, 9.17) is 16.0 Å². The second kappa shape index (κ2) is 5.40. The van der Waals surface area contributed by atoms with Crippen LogP contribution >= 0.6 is 0 Å². The van der Waals surface area contributed by atoms with Crippen molar-refractivity contribution in [2.24, 2.45) is 21.5 Å². The van der Waals surface area contributed by atoms with E-state index in [1.807, 2.05) is 0 Å². The number of nitrogens with zero attached hydrogens (tertiary/aromatic N) is 3. The number of aliphatic imine (C=N–C) groups is 2. The molecule has 0 amide bonds.